The fraction of sp³-hybridized carbons (Fsp3) is 0.333. The van der Waals surface area contributed by atoms with Crippen LogP contribution in [0.15, 0.2) is 13.8 Å². The van der Waals surface area contributed by atoms with E-state index in [1.807, 2.05) is 13.0 Å². The fourth-order valence-corrected chi connectivity index (χ4v) is 3.03. The van der Waals surface area contributed by atoms with Gasteiger partial charge in [-0.3, -0.25) is 0 Å². The Bertz CT molecular complexity index is 560. The molecule has 0 N–H and O–H groups in total. The van der Waals surface area contributed by atoms with Gasteiger partial charge in [-0.2, -0.15) is 9.64 Å². The maximum absolute atomic E-state index is 8.91. The Morgan fingerprint density at radius 2 is 2.35 bits per heavy atom. The van der Waals surface area contributed by atoms with Crippen LogP contribution in [0.3, 0.4) is 0 Å². The van der Waals surface area contributed by atoms with Gasteiger partial charge in [-0.1, -0.05) is 18.5 Å². The molecule has 0 radical (unpaired) electrons. The first kappa shape index (κ1) is 12.4. The molecule has 2 aromatic rings. The molecular weight excluding hydrogens is 280 g/mol. The quantitative estimate of drug-likeness (QED) is 0.859. The number of nitrogens with zero attached hydrogens (tertiary/aromatic N) is 4. The van der Waals surface area contributed by atoms with Crippen molar-refractivity contribution in [2.24, 2.45) is 0 Å². The molecule has 0 spiro atoms. The largest absolute Gasteiger partial charge is 0.416 e. The van der Waals surface area contributed by atoms with E-state index in [0.29, 0.717) is 20.9 Å². The normalized spacial score (nSPS) is 10.4. The number of nitriles is 1. The van der Waals surface area contributed by atoms with Gasteiger partial charge in [0.15, 0.2) is 5.15 Å². The van der Waals surface area contributed by atoms with Crippen molar-refractivity contribution in [2.45, 2.75) is 29.2 Å². The van der Waals surface area contributed by atoms with Crippen molar-refractivity contribution in [1.29, 1.82) is 5.26 Å². The predicted molar refractivity (Wildman–Crippen MR) is 64.3 cm³/mol. The molecule has 0 saturated heterocycles. The van der Waals surface area contributed by atoms with Gasteiger partial charge in [-0.05, 0) is 29.7 Å². The van der Waals surface area contributed by atoms with Crippen LogP contribution in [-0.2, 0) is 6.42 Å². The highest BCUT2D eigenvalue weighted by atomic mass is 35.5. The fourth-order valence-electron chi connectivity index (χ4n) is 1.09. The molecule has 5 nitrogen and oxygen atoms in total. The minimum atomic E-state index is 0.216. The molecule has 2 aromatic heterocycles. The van der Waals surface area contributed by atoms with Crippen LogP contribution in [0.25, 0.3) is 0 Å². The molecule has 0 unspecified atom stereocenters. The second kappa shape index (κ2) is 5.49. The third-order valence-electron chi connectivity index (χ3n) is 1.82. The van der Waals surface area contributed by atoms with Crippen molar-refractivity contribution in [3.63, 3.8) is 0 Å². The van der Waals surface area contributed by atoms with Gasteiger partial charge in [0.05, 0.1) is 0 Å². The van der Waals surface area contributed by atoms with Gasteiger partial charge in [0.25, 0.3) is 5.22 Å². The molecule has 0 bridgehead atoms. The first-order valence-corrected chi connectivity index (χ1v) is 6.77. The Balaban J connectivity index is 2.17. The summed E-state index contributed by atoms with van der Waals surface area (Å²) in [5.74, 6) is 0.601. The topological polar surface area (TPSA) is 75.6 Å². The maximum Gasteiger partial charge on any atom is 0.282 e. The van der Waals surface area contributed by atoms with E-state index in [1.54, 1.807) is 0 Å². The van der Waals surface area contributed by atoms with Gasteiger partial charge in [0, 0.05) is 6.42 Å². The number of rotatable bonds is 4. The lowest BCUT2D eigenvalue weighted by molar-refractivity contribution is 0.411. The average molecular weight is 287 g/mol. The summed E-state index contributed by atoms with van der Waals surface area (Å²) in [5.41, 5.74) is 0.358. The molecule has 17 heavy (non-hydrogen) atoms. The first-order chi connectivity index (χ1) is 8.24. The first-order valence-electron chi connectivity index (χ1n) is 4.80. The summed E-state index contributed by atoms with van der Waals surface area (Å²) in [7, 11) is 0. The summed E-state index contributed by atoms with van der Waals surface area (Å²) in [5, 5.41) is 17.3. The lowest BCUT2D eigenvalue weighted by Crippen LogP contribution is -1.80. The summed E-state index contributed by atoms with van der Waals surface area (Å²) >= 11 is 8.13. The summed E-state index contributed by atoms with van der Waals surface area (Å²) < 4.78 is 9.98. The molecule has 0 aliphatic rings. The zero-order valence-electron chi connectivity index (χ0n) is 8.81. The SMILES string of the molecule is CCCc1nnc(Sc2snc(Cl)c2C#N)o1. The van der Waals surface area contributed by atoms with Crippen molar-refractivity contribution < 1.29 is 4.42 Å². The molecule has 0 aromatic carbocycles. The molecule has 2 rings (SSSR count). The molecule has 0 aliphatic heterocycles. The summed E-state index contributed by atoms with van der Waals surface area (Å²) in [6.45, 7) is 2.04. The van der Waals surface area contributed by atoms with Crippen molar-refractivity contribution in [1.82, 2.24) is 14.6 Å². The van der Waals surface area contributed by atoms with Crippen molar-refractivity contribution in [3.8, 4) is 6.07 Å². The van der Waals surface area contributed by atoms with E-state index < -0.39 is 0 Å². The summed E-state index contributed by atoms with van der Waals surface area (Å²) in [4.78, 5) is 0. The molecule has 0 aliphatic carbocycles. The summed E-state index contributed by atoms with van der Waals surface area (Å²) in [6.07, 6.45) is 1.70. The van der Waals surface area contributed by atoms with E-state index in [4.69, 9.17) is 21.3 Å². The number of halogens is 1. The van der Waals surface area contributed by atoms with E-state index in [-0.39, 0.29) is 5.15 Å². The number of hydrogen-bond acceptors (Lipinski definition) is 7. The Labute approximate surface area is 111 Å². The van der Waals surface area contributed by atoms with Gasteiger partial charge >= 0.3 is 0 Å². The highest BCUT2D eigenvalue weighted by molar-refractivity contribution is 8.00. The lowest BCUT2D eigenvalue weighted by Gasteiger charge is -1.90. The molecule has 0 atom stereocenters. The number of aromatic nitrogens is 3. The molecular formula is C9H7ClN4OS2. The minimum absolute atomic E-state index is 0.216. The predicted octanol–water partition coefficient (Wildman–Crippen LogP) is 3.15. The Morgan fingerprint density at radius 1 is 1.53 bits per heavy atom. The van der Waals surface area contributed by atoms with Crippen LogP contribution in [0.5, 0.6) is 0 Å². The van der Waals surface area contributed by atoms with Crippen molar-refractivity contribution in [2.75, 3.05) is 0 Å². The molecule has 0 amide bonds. The number of aryl methyl sites for hydroxylation is 1. The molecule has 2 heterocycles. The van der Waals surface area contributed by atoms with E-state index in [1.165, 1.54) is 11.8 Å². The highest BCUT2D eigenvalue weighted by Gasteiger charge is 2.16. The van der Waals surface area contributed by atoms with Crippen LogP contribution in [0.4, 0.5) is 0 Å². The Kier molecular flexibility index (Phi) is 3.99. The van der Waals surface area contributed by atoms with Gasteiger partial charge in [-0.25, -0.2) is 0 Å². The lowest BCUT2D eigenvalue weighted by atomic mass is 10.3. The second-order valence-electron chi connectivity index (χ2n) is 3.06. The smallest absolute Gasteiger partial charge is 0.282 e. The zero-order valence-corrected chi connectivity index (χ0v) is 11.2. The van der Waals surface area contributed by atoms with Crippen LogP contribution in [0.2, 0.25) is 5.15 Å². The highest BCUT2D eigenvalue weighted by Crippen LogP contribution is 2.35. The van der Waals surface area contributed by atoms with Crippen LogP contribution < -0.4 is 0 Å². The van der Waals surface area contributed by atoms with Crippen LogP contribution in [-0.4, -0.2) is 14.6 Å². The zero-order chi connectivity index (χ0) is 12.3. The van der Waals surface area contributed by atoms with Gasteiger partial charge < -0.3 is 4.42 Å². The van der Waals surface area contributed by atoms with Crippen LogP contribution in [0, 0.1) is 11.3 Å². The van der Waals surface area contributed by atoms with Crippen LogP contribution >= 0.6 is 34.9 Å². The van der Waals surface area contributed by atoms with Gasteiger partial charge in [0.1, 0.15) is 15.8 Å². The summed E-state index contributed by atoms with van der Waals surface area (Å²) in [6, 6.07) is 2.00. The maximum atomic E-state index is 8.91. The Morgan fingerprint density at radius 3 is 3.06 bits per heavy atom. The third kappa shape index (κ3) is 2.77. The Hall–Kier alpha value is -1.10. The van der Waals surface area contributed by atoms with E-state index in [2.05, 4.69) is 14.6 Å². The molecule has 88 valence electrons. The number of hydrogen-bond donors (Lipinski definition) is 0. The van der Waals surface area contributed by atoms with Crippen LogP contribution in [0.1, 0.15) is 24.8 Å². The van der Waals surface area contributed by atoms with E-state index >= 15 is 0 Å². The van der Waals surface area contributed by atoms with Crippen molar-refractivity contribution in [3.05, 3.63) is 16.6 Å². The minimum Gasteiger partial charge on any atom is -0.416 e. The van der Waals surface area contributed by atoms with Crippen molar-refractivity contribution >= 4 is 34.9 Å². The van der Waals surface area contributed by atoms with E-state index in [9.17, 15) is 0 Å². The monoisotopic (exact) mass is 286 g/mol. The van der Waals surface area contributed by atoms with E-state index in [0.717, 1.165) is 24.4 Å². The molecule has 8 heteroatoms. The molecule has 0 saturated carbocycles. The molecule has 0 fully saturated rings. The van der Waals surface area contributed by atoms with Gasteiger partial charge in [0.2, 0.25) is 5.89 Å². The van der Waals surface area contributed by atoms with Gasteiger partial charge in [-0.15, -0.1) is 10.2 Å². The third-order valence-corrected chi connectivity index (χ3v) is 4.04. The average Bonchev–Trinajstić information content (AvgIpc) is 2.88. The second-order valence-corrected chi connectivity index (χ2v) is 5.41. The standard InChI is InChI=1S/C9H7ClN4OS2/c1-2-3-6-12-13-9(15-6)16-8-5(4-11)7(10)14-17-8/h2-3H2,1H3.